The Bertz CT molecular complexity index is 156. The van der Waals surface area contributed by atoms with Gasteiger partial charge in [-0.3, -0.25) is 0 Å². The quantitative estimate of drug-likeness (QED) is 0.745. The maximum atomic E-state index is 12.1. The minimum atomic E-state index is -2.70. The molecule has 0 unspecified atom stereocenters. The average molecular weight is 193 g/mol. The summed E-state index contributed by atoms with van der Waals surface area (Å²) in [6.45, 7) is -0.371. The summed E-state index contributed by atoms with van der Waals surface area (Å²) in [6, 6.07) is 0. The first kappa shape index (κ1) is 10.9. The van der Waals surface area contributed by atoms with Crippen LogP contribution in [0.5, 0.6) is 0 Å². The van der Waals surface area contributed by atoms with Crippen LogP contribution in [0.1, 0.15) is 32.6 Å². The molecule has 1 aliphatic rings. The molecule has 0 heterocycles. The Labute approximate surface area is 77.4 Å². The third kappa shape index (κ3) is 2.88. The molecule has 0 aromatic heterocycles. The highest BCUT2D eigenvalue weighted by atomic mass is 19.3. The molecular formula is C9H17F2NO. The number of rotatable bonds is 3. The zero-order valence-electron chi connectivity index (χ0n) is 7.93. The van der Waals surface area contributed by atoms with E-state index < -0.39 is 12.2 Å². The van der Waals surface area contributed by atoms with E-state index in [2.05, 4.69) is 11.7 Å². The predicted molar refractivity (Wildman–Crippen MR) is 46.5 cm³/mol. The molecule has 2 N–H and O–H groups in total. The van der Waals surface area contributed by atoms with Gasteiger partial charge >= 0.3 is 6.61 Å². The third-order valence-electron chi connectivity index (χ3n) is 2.90. The monoisotopic (exact) mass is 193 g/mol. The van der Waals surface area contributed by atoms with Gasteiger partial charge in [0, 0.05) is 6.54 Å². The lowest BCUT2D eigenvalue weighted by atomic mass is 9.79. The van der Waals surface area contributed by atoms with Crippen LogP contribution >= 0.6 is 0 Å². The molecule has 1 rings (SSSR count). The Hall–Kier alpha value is -0.220. The zero-order chi connectivity index (χ0) is 9.90. The van der Waals surface area contributed by atoms with Gasteiger partial charge < -0.3 is 10.5 Å². The van der Waals surface area contributed by atoms with Crippen molar-refractivity contribution in [3.63, 3.8) is 0 Å². The van der Waals surface area contributed by atoms with Crippen LogP contribution in [0.2, 0.25) is 0 Å². The second-order valence-corrected chi connectivity index (χ2v) is 3.95. The molecule has 0 radical (unpaired) electrons. The van der Waals surface area contributed by atoms with Gasteiger partial charge in [-0.05, 0) is 31.6 Å². The molecule has 1 fully saturated rings. The van der Waals surface area contributed by atoms with Crippen LogP contribution in [0, 0.1) is 5.92 Å². The topological polar surface area (TPSA) is 35.2 Å². The van der Waals surface area contributed by atoms with Gasteiger partial charge in [0.2, 0.25) is 0 Å². The molecule has 0 spiro atoms. The number of hydrogen-bond acceptors (Lipinski definition) is 2. The predicted octanol–water partition coefficient (Wildman–Crippen LogP) is 2.13. The Kier molecular flexibility index (Phi) is 3.62. The molecule has 0 bridgehead atoms. The molecule has 0 atom stereocenters. The Morgan fingerprint density at radius 3 is 2.38 bits per heavy atom. The van der Waals surface area contributed by atoms with Crippen molar-refractivity contribution in [1.82, 2.24) is 0 Å². The van der Waals surface area contributed by atoms with E-state index in [1.54, 1.807) is 0 Å². The Balaban J connectivity index is 2.50. The van der Waals surface area contributed by atoms with Crippen molar-refractivity contribution in [3.05, 3.63) is 0 Å². The molecule has 78 valence electrons. The molecule has 2 nitrogen and oxygen atoms in total. The van der Waals surface area contributed by atoms with Crippen molar-refractivity contribution >= 4 is 0 Å². The highest BCUT2D eigenvalue weighted by Gasteiger charge is 2.36. The summed E-state index contributed by atoms with van der Waals surface area (Å²) in [4.78, 5) is 0. The van der Waals surface area contributed by atoms with Crippen LogP contribution in [0.25, 0.3) is 0 Å². The van der Waals surface area contributed by atoms with E-state index in [0.29, 0.717) is 18.8 Å². The zero-order valence-corrected chi connectivity index (χ0v) is 7.93. The van der Waals surface area contributed by atoms with Gasteiger partial charge in [-0.1, -0.05) is 6.92 Å². The van der Waals surface area contributed by atoms with Gasteiger partial charge in [0.15, 0.2) is 0 Å². The van der Waals surface area contributed by atoms with E-state index in [4.69, 9.17) is 5.73 Å². The summed E-state index contributed by atoms with van der Waals surface area (Å²) in [5.74, 6) is 0.612. The van der Waals surface area contributed by atoms with Crippen molar-refractivity contribution in [3.8, 4) is 0 Å². The van der Waals surface area contributed by atoms with E-state index in [1.165, 1.54) is 0 Å². The first-order valence-corrected chi connectivity index (χ1v) is 4.74. The highest BCUT2D eigenvalue weighted by Crippen LogP contribution is 2.35. The Morgan fingerprint density at radius 1 is 1.46 bits per heavy atom. The largest absolute Gasteiger partial charge is 0.345 e. The van der Waals surface area contributed by atoms with Gasteiger partial charge in [0.05, 0.1) is 5.60 Å². The molecule has 1 aliphatic carbocycles. The van der Waals surface area contributed by atoms with Gasteiger partial charge in [0.25, 0.3) is 0 Å². The lowest BCUT2D eigenvalue weighted by molar-refractivity contribution is -0.217. The van der Waals surface area contributed by atoms with Crippen molar-refractivity contribution < 1.29 is 13.5 Å². The summed E-state index contributed by atoms with van der Waals surface area (Å²) < 4.78 is 28.8. The van der Waals surface area contributed by atoms with E-state index >= 15 is 0 Å². The molecular weight excluding hydrogens is 176 g/mol. The van der Waals surface area contributed by atoms with Crippen molar-refractivity contribution in [2.45, 2.75) is 44.8 Å². The number of ether oxygens (including phenoxy) is 1. The van der Waals surface area contributed by atoms with E-state index in [1.807, 2.05) is 0 Å². The van der Waals surface area contributed by atoms with Crippen LogP contribution in [0.15, 0.2) is 0 Å². The molecule has 13 heavy (non-hydrogen) atoms. The van der Waals surface area contributed by atoms with Crippen LogP contribution < -0.4 is 5.73 Å². The molecule has 0 aliphatic heterocycles. The summed E-state index contributed by atoms with van der Waals surface area (Å²) in [7, 11) is 0. The first-order chi connectivity index (χ1) is 6.08. The second-order valence-electron chi connectivity index (χ2n) is 3.95. The van der Waals surface area contributed by atoms with Crippen molar-refractivity contribution in [2.24, 2.45) is 11.7 Å². The molecule has 0 saturated heterocycles. The minimum Gasteiger partial charge on any atom is -0.328 e. The number of alkyl halides is 2. The van der Waals surface area contributed by atoms with Gasteiger partial charge in [-0.15, -0.1) is 0 Å². The maximum Gasteiger partial charge on any atom is 0.345 e. The van der Waals surface area contributed by atoms with Crippen molar-refractivity contribution in [2.75, 3.05) is 6.54 Å². The Morgan fingerprint density at radius 2 is 2.00 bits per heavy atom. The molecule has 4 heteroatoms. The number of nitrogens with two attached hydrogens (primary N) is 1. The second kappa shape index (κ2) is 4.33. The van der Waals surface area contributed by atoms with E-state index in [9.17, 15) is 8.78 Å². The lowest BCUT2D eigenvalue weighted by Crippen LogP contribution is -2.44. The van der Waals surface area contributed by atoms with Crippen LogP contribution in [-0.4, -0.2) is 18.8 Å². The van der Waals surface area contributed by atoms with Crippen LogP contribution in [0.3, 0.4) is 0 Å². The summed E-state index contributed by atoms with van der Waals surface area (Å²) in [5, 5.41) is 0. The number of hydrogen-bond donors (Lipinski definition) is 1. The maximum absolute atomic E-state index is 12.1. The molecule has 1 saturated carbocycles. The highest BCUT2D eigenvalue weighted by molar-refractivity contribution is 4.87. The fourth-order valence-electron chi connectivity index (χ4n) is 1.85. The smallest absolute Gasteiger partial charge is 0.328 e. The molecule has 0 aromatic carbocycles. The van der Waals surface area contributed by atoms with E-state index in [0.717, 1.165) is 12.8 Å². The SMILES string of the molecule is CC1CCC(CN)(OC(F)F)CC1. The van der Waals surface area contributed by atoms with Crippen molar-refractivity contribution in [1.29, 1.82) is 0 Å². The lowest BCUT2D eigenvalue weighted by Gasteiger charge is -2.37. The third-order valence-corrected chi connectivity index (χ3v) is 2.90. The first-order valence-electron chi connectivity index (χ1n) is 4.74. The summed E-state index contributed by atoms with van der Waals surface area (Å²) in [5.41, 5.74) is 4.72. The van der Waals surface area contributed by atoms with Crippen LogP contribution in [-0.2, 0) is 4.74 Å². The molecule has 0 amide bonds. The minimum absolute atomic E-state index is 0.198. The van der Waals surface area contributed by atoms with Gasteiger partial charge in [-0.25, -0.2) is 0 Å². The number of halogens is 2. The fraction of sp³-hybridized carbons (Fsp3) is 1.00. The van der Waals surface area contributed by atoms with Crippen LogP contribution in [0.4, 0.5) is 8.78 Å². The standard InChI is InChI=1S/C9H17F2NO/c1-7-2-4-9(6-12,5-3-7)13-8(10)11/h7-8H,2-6,12H2,1H3. The van der Waals surface area contributed by atoms with Gasteiger partial charge in [0.1, 0.15) is 0 Å². The fourth-order valence-corrected chi connectivity index (χ4v) is 1.85. The summed E-state index contributed by atoms with van der Waals surface area (Å²) in [6.07, 6.45) is 3.19. The average Bonchev–Trinajstić information content (AvgIpc) is 2.09. The summed E-state index contributed by atoms with van der Waals surface area (Å²) >= 11 is 0. The van der Waals surface area contributed by atoms with E-state index in [-0.39, 0.29) is 6.54 Å². The van der Waals surface area contributed by atoms with Gasteiger partial charge in [-0.2, -0.15) is 8.78 Å². The normalized spacial score (nSPS) is 35.3. The molecule has 0 aromatic rings.